The molecule has 0 radical (unpaired) electrons. The van der Waals surface area contributed by atoms with Crippen molar-refractivity contribution in [3.63, 3.8) is 0 Å². The second kappa shape index (κ2) is 4.16. The summed E-state index contributed by atoms with van der Waals surface area (Å²) in [7, 11) is 0. The van der Waals surface area contributed by atoms with Gasteiger partial charge in [0, 0.05) is 18.2 Å². The van der Waals surface area contributed by atoms with Crippen LogP contribution in [-0.4, -0.2) is 18.5 Å². The zero-order valence-electron chi connectivity index (χ0n) is 9.81. The predicted molar refractivity (Wildman–Crippen MR) is 65.5 cm³/mol. The zero-order valence-corrected chi connectivity index (χ0v) is 9.81. The molecule has 0 saturated heterocycles. The molecule has 2 rings (SSSR count). The molecule has 1 amide bonds. The molecule has 16 heavy (non-hydrogen) atoms. The molecular weight excluding hydrogens is 200 g/mol. The zero-order chi connectivity index (χ0) is 11.7. The number of benzene rings is 1. The topological polar surface area (TPSA) is 46.3 Å². The number of hydrogen-bond acceptors (Lipinski definition) is 2. The summed E-state index contributed by atoms with van der Waals surface area (Å²) >= 11 is 0. The minimum atomic E-state index is -0.230. The Morgan fingerprint density at radius 2 is 2.25 bits per heavy atom. The van der Waals surface area contributed by atoms with Crippen molar-refractivity contribution in [2.24, 2.45) is 5.73 Å². The number of anilines is 1. The summed E-state index contributed by atoms with van der Waals surface area (Å²) in [6.07, 6.45) is 0.760. The highest BCUT2D eigenvalue weighted by Gasteiger charge is 2.31. The standard InChI is InChI=1S/C13H18N2O/c1-3-11(13(14)16)15-8-9(2)10-6-4-5-7-12(10)15/h4-7,9,11H,3,8H2,1-2H3,(H2,14,16). The first-order valence-electron chi connectivity index (χ1n) is 5.80. The summed E-state index contributed by atoms with van der Waals surface area (Å²) < 4.78 is 0. The van der Waals surface area contributed by atoms with Crippen LogP contribution in [0.4, 0.5) is 5.69 Å². The first-order chi connectivity index (χ1) is 7.65. The number of fused-ring (bicyclic) bond motifs is 1. The third-order valence-corrected chi connectivity index (χ3v) is 3.34. The highest BCUT2D eigenvalue weighted by atomic mass is 16.1. The Kier molecular flexibility index (Phi) is 2.86. The molecule has 86 valence electrons. The monoisotopic (exact) mass is 218 g/mol. The maximum absolute atomic E-state index is 11.4. The Balaban J connectivity index is 2.36. The molecule has 1 aromatic carbocycles. The lowest BCUT2D eigenvalue weighted by atomic mass is 10.0. The van der Waals surface area contributed by atoms with E-state index in [1.807, 2.05) is 19.1 Å². The van der Waals surface area contributed by atoms with E-state index >= 15 is 0 Å². The molecule has 0 bridgehead atoms. The predicted octanol–water partition coefficient (Wildman–Crippen LogP) is 1.87. The van der Waals surface area contributed by atoms with Crippen LogP contribution in [0.2, 0.25) is 0 Å². The van der Waals surface area contributed by atoms with E-state index in [9.17, 15) is 4.79 Å². The molecule has 1 aliphatic rings. The highest BCUT2D eigenvalue weighted by molar-refractivity contribution is 5.84. The third-order valence-electron chi connectivity index (χ3n) is 3.34. The van der Waals surface area contributed by atoms with Crippen LogP contribution < -0.4 is 10.6 Å². The molecular formula is C13H18N2O. The molecule has 1 heterocycles. The number of carbonyl (C=O) groups is 1. The number of nitrogens with two attached hydrogens (primary N) is 1. The van der Waals surface area contributed by atoms with E-state index in [-0.39, 0.29) is 11.9 Å². The second-order valence-electron chi connectivity index (χ2n) is 4.44. The van der Waals surface area contributed by atoms with Crippen LogP contribution in [0.15, 0.2) is 24.3 Å². The van der Waals surface area contributed by atoms with Crippen molar-refractivity contribution in [3.8, 4) is 0 Å². The molecule has 3 heteroatoms. The van der Waals surface area contributed by atoms with Gasteiger partial charge in [0.15, 0.2) is 0 Å². The minimum Gasteiger partial charge on any atom is -0.368 e. The van der Waals surface area contributed by atoms with Crippen molar-refractivity contribution < 1.29 is 4.79 Å². The number of hydrogen-bond donors (Lipinski definition) is 1. The maximum atomic E-state index is 11.4. The Labute approximate surface area is 96.2 Å². The van der Waals surface area contributed by atoms with Crippen LogP contribution in [0.3, 0.4) is 0 Å². The first-order valence-corrected chi connectivity index (χ1v) is 5.80. The van der Waals surface area contributed by atoms with Gasteiger partial charge in [-0.25, -0.2) is 0 Å². The van der Waals surface area contributed by atoms with E-state index < -0.39 is 0 Å². The minimum absolute atomic E-state index is 0.175. The quantitative estimate of drug-likeness (QED) is 0.842. The molecule has 2 atom stereocenters. The fourth-order valence-electron chi connectivity index (χ4n) is 2.53. The summed E-state index contributed by atoms with van der Waals surface area (Å²) in [5.41, 5.74) is 7.94. The molecule has 1 aliphatic heterocycles. The van der Waals surface area contributed by atoms with Crippen molar-refractivity contribution in [2.45, 2.75) is 32.2 Å². The smallest absolute Gasteiger partial charge is 0.240 e. The van der Waals surface area contributed by atoms with Crippen molar-refractivity contribution in [2.75, 3.05) is 11.4 Å². The normalized spacial score (nSPS) is 20.6. The summed E-state index contributed by atoms with van der Waals surface area (Å²) in [6, 6.07) is 8.09. The Bertz CT molecular complexity index is 403. The van der Waals surface area contributed by atoms with Gasteiger partial charge in [-0.2, -0.15) is 0 Å². The van der Waals surface area contributed by atoms with Crippen molar-refractivity contribution >= 4 is 11.6 Å². The fraction of sp³-hybridized carbons (Fsp3) is 0.462. The van der Waals surface area contributed by atoms with E-state index in [1.165, 1.54) is 11.3 Å². The molecule has 2 unspecified atom stereocenters. The molecule has 0 fully saturated rings. The van der Waals surface area contributed by atoms with Crippen LogP contribution in [0.25, 0.3) is 0 Å². The average Bonchev–Trinajstić information content (AvgIpc) is 2.58. The molecule has 0 spiro atoms. The van der Waals surface area contributed by atoms with E-state index in [2.05, 4.69) is 24.0 Å². The third kappa shape index (κ3) is 1.66. The Hall–Kier alpha value is -1.51. The second-order valence-corrected chi connectivity index (χ2v) is 4.44. The largest absolute Gasteiger partial charge is 0.368 e. The van der Waals surface area contributed by atoms with Gasteiger partial charge < -0.3 is 10.6 Å². The van der Waals surface area contributed by atoms with Gasteiger partial charge in [0.05, 0.1) is 0 Å². The molecule has 3 nitrogen and oxygen atoms in total. The van der Waals surface area contributed by atoms with Gasteiger partial charge in [0.2, 0.25) is 5.91 Å². The van der Waals surface area contributed by atoms with Gasteiger partial charge in [-0.1, -0.05) is 32.0 Å². The van der Waals surface area contributed by atoms with E-state index in [1.54, 1.807) is 0 Å². The van der Waals surface area contributed by atoms with Gasteiger partial charge in [-0.3, -0.25) is 4.79 Å². The number of nitrogens with zero attached hydrogens (tertiary/aromatic N) is 1. The van der Waals surface area contributed by atoms with Crippen LogP contribution in [0, 0.1) is 0 Å². The lowest BCUT2D eigenvalue weighted by molar-refractivity contribution is -0.119. The SMILES string of the molecule is CCC(C(N)=O)N1CC(C)c2ccccc21. The van der Waals surface area contributed by atoms with E-state index in [0.29, 0.717) is 5.92 Å². The van der Waals surface area contributed by atoms with Crippen molar-refractivity contribution in [1.82, 2.24) is 0 Å². The van der Waals surface area contributed by atoms with E-state index in [0.717, 1.165) is 13.0 Å². The summed E-state index contributed by atoms with van der Waals surface area (Å²) in [5, 5.41) is 0. The van der Waals surface area contributed by atoms with Crippen molar-refractivity contribution in [3.05, 3.63) is 29.8 Å². The number of amides is 1. The summed E-state index contributed by atoms with van der Waals surface area (Å²) in [6.45, 7) is 5.08. The Morgan fingerprint density at radius 1 is 1.56 bits per heavy atom. The van der Waals surface area contributed by atoms with Crippen LogP contribution in [0.1, 0.15) is 31.7 Å². The van der Waals surface area contributed by atoms with Gasteiger partial charge in [-0.15, -0.1) is 0 Å². The number of primary amides is 1. The number of para-hydroxylation sites is 1. The molecule has 0 saturated carbocycles. The molecule has 0 aliphatic carbocycles. The summed E-state index contributed by atoms with van der Waals surface area (Å²) in [4.78, 5) is 13.6. The van der Waals surface area contributed by atoms with Gasteiger partial charge in [0.1, 0.15) is 6.04 Å². The van der Waals surface area contributed by atoms with Gasteiger partial charge >= 0.3 is 0 Å². The number of carbonyl (C=O) groups excluding carboxylic acids is 1. The lowest BCUT2D eigenvalue weighted by Gasteiger charge is -2.27. The van der Waals surface area contributed by atoms with Crippen LogP contribution >= 0.6 is 0 Å². The molecule has 2 N–H and O–H groups in total. The fourth-order valence-corrected chi connectivity index (χ4v) is 2.53. The summed E-state index contributed by atoms with van der Waals surface area (Å²) in [5.74, 6) is 0.246. The molecule has 1 aromatic rings. The maximum Gasteiger partial charge on any atom is 0.240 e. The van der Waals surface area contributed by atoms with Crippen LogP contribution in [-0.2, 0) is 4.79 Å². The van der Waals surface area contributed by atoms with Crippen LogP contribution in [0.5, 0.6) is 0 Å². The highest BCUT2D eigenvalue weighted by Crippen LogP contribution is 2.37. The van der Waals surface area contributed by atoms with Crippen molar-refractivity contribution in [1.29, 1.82) is 0 Å². The van der Waals surface area contributed by atoms with Gasteiger partial charge in [-0.05, 0) is 18.1 Å². The average molecular weight is 218 g/mol. The number of rotatable bonds is 3. The lowest BCUT2D eigenvalue weighted by Crippen LogP contribution is -2.43. The van der Waals surface area contributed by atoms with Gasteiger partial charge in [0.25, 0.3) is 0 Å². The molecule has 0 aromatic heterocycles. The Morgan fingerprint density at radius 3 is 2.88 bits per heavy atom. The first kappa shape index (κ1) is 11.0. The van der Waals surface area contributed by atoms with E-state index in [4.69, 9.17) is 5.73 Å².